The molecule has 2 N–H and O–H groups in total. The second-order valence-electron chi connectivity index (χ2n) is 3.60. The summed E-state index contributed by atoms with van der Waals surface area (Å²) in [5, 5.41) is 1.35. The lowest BCUT2D eigenvalue weighted by atomic mass is 10.1. The predicted octanol–water partition coefficient (Wildman–Crippen LogP) is 2.20. The van der Waals surface area contributed by atoms with Gasteiger partial charge in [-0.15, -0.1) is 0 Å². The summed E-state index contributed by atoms with van der Waals surface area (Å²) in [6.07, 6.45) is 1.07. The first-order valence-electron chi connectivity index (χ1n) is 5.04. The van der Waals surface area contributed by atoms with Gasteiger partial charge in [0, 0.05) is 30.2 Å². The van der Waals surface area contributed by atoms with Crippen molar-refractivity contribution in [3.63, 3.8) is 0 Å². The molecule has 0 spiro atoms. The summed E-state index contributed by atoms with van der Waals surface area (Å²) in [6, 6.07) is 8.64. The van der Waals surface area contributed by atoms with Crippen molar-refractivity contribution in [2.45, 2.75) is 19.9 Å². The van der Waals surface area contributed by atoms with Gasteiger partial charge >= 0.3 is 0 Å². The third-order valence-corrected chi connectivity index (χ3v) is 2.87. The van der Waals surface area contributed by atoms with Crippen molar-refractivity contribution < 1.29 is 0 Å². The van der Waals surface area contributed by atoms with Crippen LogP contribution in [0.1, 0.15) is 18.2 Å². The first-order valence-corrected chi connectivity index (χ1v) is 5.04. The van der Waals surface area contributed by atoms with E-state index in [1.807, 2.05) is 0 Å². The number of hydrogen-bond donors (Lipinski definition) is 1. The molecular formula is C12H16N2. The minimum atomic E-state index is 0.605. The zero-order valence-corrected chi connectivity index (χ0v) is 8.75. The zero-order valence-electron chi connectivity index (χ0n) is 8.75. The van der Waals surface area contributed by atoms with Crippen molar-refractivity contribution >= 4 is 10.9 Å². The largest absolute Gasteiger partial charge is 0.346 e. The summed E-state index contributed by atoms with van der Waals surface area (Å²) in [6.45, 7) is 2.79. The SMILES string of the molecule is CCc1cccc2c1cc(CN)n2C. The number of aryl methyl sites for hydroxylation is 2. The molecule has 1 heterocycles. The molecule has 0 bridgehead atoms. The Labute approximate surface area is 84.3 Å². The lowest BCUT2D eigenvalue weighted by Crippen LogP contribution is -2.02. The van der Waals surface area contributed by atoms with Gasteiger partial charge in [-0.2, -0.15) is 0 Å². The van der Waals surface area contributed by atoms with Gasteiger partial charge in [-0.05, 0) is 24.1 Å². The maximum absolute atomic E-state index is 5.69. The van der Waals surface area contributed by atoms with Gasteiger partial charge in [0.2, 0.25) is 0 Å². The first kappa shape index (κ1) is 9.28. The van der Waals surface area contributed by atoms with Crippen LogP contribution >= 0.6 is 0 Å². The molecule has 0 amide bonds. The summed E-state index contributed by atoms with van der Waals surface area (Å²) in [7, 11) is 2.07. The van der Waals surface area contributed by atoms with E-state index < -0.39 is 0 Å². The first-order chi connectivity index (χ1) is 6.77. The van der Waals surface area contributed by atoms with Crippen LogP contribution in [0.25, 0.3) is 10.9 Å². The Kier molecular flexibility index (Phi) is 2.30. The molecule has 0 saturated heterocycles. The van der Waals surface area contributed by atoms with E-state index in [4.69, 9.17) is 5.73 Å². The highest BCUT2D eigenvalue weighted by atomic mass is 15.0. The fraction of sp³-hybridized carbons (Fsp3) is 0.333. The van der Waals surface area contributed by atoms with Crippen molar-refractivity contribution in [1.82, 2.24) is 4.57 Å². The summed E-state index contributed by atoms with van der Waals surface area (Å²) >= 11 is 0. The number of nitrogens with zero attached hydrogens (tertiary/aromatic N) is 1. The van der Waals surface area contributed by atoms with E-state index >= 15 is 0 Å². The van der Waals surface area contributed by atoms with Crippen molar-refractivity contribution in [3.8, 4) is 0 Å². The van der Waals surface area contributed by atoms with Gasteiger partial charge in [-0.3, -0.25) is 0 Å². The molecule has 0 fully saturated rings. The quantitative estimate of drug-likeness (QED) is 0.769. The van der Waals surface area contributed by atoms with Crippen LogP contribution in [0, 0.1) is 0 Å². The van der Waals surface area contributed by atoms with Crippen molar-refractivity contribution in [3.05, 3.63) is 35.5 Å². The normalized spacial score (nSPS) is 11.1. The van der Waals surface area contributed by atoms with Crippen LogP contribution in [0.4, 0.5) is 0 Å². The number of rotatable bonds is 2. The van der Waals surface area contributed by atoms with Gasteiger partial charge in [0.25, 0.3) is 0 Å². The summed E-state index contributed by atoms with van der Waals surface area (Å²) in [5.74, 6) is 0. The average molecular weight is 188 g/mol. The average Bonchev–Trinajstić information content (AvgIpc) is 2.55. The Balaban J connectivity index is 2.77. The topological polar surface area (TPSA) is 30.9 Å². The van der Waals surface area contributed by atoms with Crippen LogP contribution in [0.3, 0.4) is 0 Å². The van der Waals surface area contributed by atoms with Gasteiger partial charge in [-0.25, -0.2) is 0 Å². The Bertz CT molecular complexity index is 455. The fourth-order valence-corrected chi connectivity index (χ4v) is 1.98. The molecule has 2 rings (SSSR count). The molecule has 0 radical (unpaired) electrons. The number of aromatic nitrogens is 1. The van der Waals surface area contributed by atoms with Crippen molar-refractivity contribution in [2.24, 2.45) is 12.8 Å². The summed E-state index contributed by atoms with van der Waals surface area (Å²) in [5.41, 5.74) is 9.56. The number of nitrogens with two attached hydrogens (primary N) is 1. The maximum Gasteiger partial charge on any atom is 0.0483 e. The molecule has 1 aromatic heterocycles. The lowest BCUT2D eigenvalue weighted by Gasteiger charge is -2.01. The molecule has 14 heavy (non-hydrogen) atoms. The smallest absolute Gasteiger partial charge is 0.0483 e. The summed E-state index contributed by atoms with van der Waals surface area (Å²) < 4.78 is 2.18. The highest BCUT2D eigenvalue weighted by Crippen LogP contribution is 2.22. The van der Waals surface area contributed by atoms with Gasteiger partial charge < -0.3 is 10.3 Å². The van der Waals surface area contributed by atoms with Crippen LogP contribution < -0.4 is 5.73 Å². The lowest BCUT2D eigenvalue weighted by molar-refractivity contribution is 0.849. The molecule has 0 aliphatic rings. The fourth-order valence-electron chi connectivity index (χ4n) is 1.98. The minimum Gasteiger partial charge on any atom is -0.346 e. The molecule has 2 heteroatoms. The second kappa shape index (κ2) is 3.46. The van der Waals surface area contributed by atoms with E-state index in [1.165, 1.54) is 22.2 Å². The molecule has 0 unspecified atom stereocenters. The molecule has 2 nitrogen and oxygen atoms in total. The predicted molar refractivity (Wildman–Crippen MR) is 60.2 cm³/mol. The molecule has 1 aromatic carbocycles. The number of hydrogen-bond acceptors (Lipinski definition) is 1. The zero-order chi connectivity index (χ0) is 10.1. The molecule has 0 aliphatic carbocycles. The van der Waals surface area contributed by atoms with E-state index in [2.05, 4.69) is 42.8 Å². The Hall–Kier alpha value is -1.28. The van der Waals surface area contributed by atoms with E-state index in [-0.39, 0.29) is 0 Å². The van der Waals surface area contributed by atoms with Crippen LogP contribution in [-0.4, -0.2) is 4.57 Å². The highest BCUT2D eigenvalue weighted by molar-refractivity contribution is 5.84. The third kappa shape index (κ3) is 1.23. The number of benzene rings is 1. The van der Waals surface area contributed by atoms with Crippen LogP contribution in [0.15, 0.2) is 24.3 Å². The van der Waals surface area contributed by atoms with Crippen LogP contribution in [-0.2, 0) is 20.0 Å². The standard InChI is InChI=1S/C12H16N2/c1-3-9-5-4-6-12-11(9)7-10(8-13)14(12)2/h4-7H,3,8,13H2,1-2H3. The Morgan fingerprint density at radius 1 is 1.36 bits per heavy atom. The van der Waals surface area contributed by atoms with Crippen molar-refractivity contribution in [1.29, 1.82) is 0 Å². The van der Waals surface area contributed by atoms with Crippen molar-refractivity contribution in [2.75, 3.05) is 0 Å². The van der Waals surface area contributed by atoms with E-state index in [9.17, 15) is 0 Å². The van der Waals surface area contributed by atoms with Gasteiger partial charge in [0.15, 0.2) is 0 Å². The Morgan fingerprint density at radius 2 is 2.14 bits per heavy atom. The van der Waals surface area contributed by atoms with Gasteiger partial charge in [0.05, 0.1) is 0 Å². The number of fused-ring (bicyclic) bond motifs is 1. The second-order valence-corrected chi connectivity index (χ2v) is 3.60. The molecular weight excluding hydrogens is 172 g/mol. The van der Waals surface area contributed by atoms with E-state index in [0.717, 1.165) is 6.42 Å². The minimum absolute atomic E-state index is 0.605. The van der Waals surface area contributed by atoms with Gasteiger partial charge in [-0.1, -0.05) is 19.1 Å². The van der Waals surface area contributed by atoms with Crippen LogP contribution in [0.2, 0.25) is 0 Å². The molecule has 0 aliphatic heterocycles. The molecule has 74 valence electrons. The maximum atomic E-state index is 5.69. The van der Waals surface area contributed by atoms with E-state index in [0.29, 0.717) is 6.54 Å². The monoisotopic (exact) mass is 188 g/mol. The molecule has 2 aromatic rings. The highest BCUT2D eigenvalue weighted by Gasteiger charge is 2.06. The third-order valence-electron chi connectivity index (χ3n) is 2.87. The van der Waals surface area contributed by atoms with Crippen LogP contribution in [0.5, 0.6) is 0 Å². The van der Waals surface area contributed by atoms with E-state index in [1.54, 1.807) is 0 Å². The Morgan fingerprint density at radius 3 is 2.79 bits per heavy atom. The van der Waals surface area contributed by atoms with Gasteiger partial charge in [0.1, 0.15) is 0 Å². The molecule has 0 saturated carbocycles. The molecule has 0 atom stereocenters. The summed E-state index contributed by atoms with van der Waals surface area (Å²) in [4.78, 5) is 0.